The summed E-state index contributed by atoms with van der Waals surface area (Å²) in [6.45, 7) is 4.04. The van der Waals surface area contributed by atoms with E-state index in [0.717, 1.165) is 38.6 Å². The smallest absolute Gasteiger partial charge is 0.310 e. The molecule has 0 spiro atoms. The van der Waals surface area contributed by atoms with Gasteiger partial charge in [0.15, 0.2) is 5.78 Å². The zero-order valence-corrected chi connectivity index (χ0v) is 22.3. The second kappa shape index (κ2) is 11.4. The number of fused-ring (bicyclic) bond motifs is 2. The largest absolute Gasteiger partial charge is 0.481 e. The number of nitrogens with zero attached hydrogens (tertiary/aromatic N) is 1. The Morgan fingerprint density at radius 2 is 1.87 bits per heavy atom. The first-order valence-electron chi connectivity index (χ1n) is 12.3. The zero-order chi connectivity index (χ0) is 27.4. The van der Waals surface area contributed by atoms with Gasteiger partial charge in [-0.05, 0) is 40.2 Å². The molecule has 8 heteroatoms. The van der Waals surface area contributed by atoms with Gasteiger partial charge in [0.2, 0.25) is 7.37 Å². The third-order valence-corrected chi connectivity index (χ3v) is 8.51. The third-order valence-electron chi connectivity index (χ3n) is 6.48. The molecule has 38 heavy (non-hydrogen) atoms. The monoisotopic (exact) mass is 533 g/mol. The van der Waals surface area contributed by atoms with Crippen LogP contribution in [0.5, 0.6) is 0 Å². The number of carbonyl (C=O) groups excluding carboxylic acids is 1. The lowest BCUT2D eigenvalue weighted by Gasteiger charge is -2.30. The van der Waals surface area contributed by atoms with E-state index in [9.17, 15) is 18.5 Å². The Bertz CT molecular complexity index is 1560. The molecule has 1 heterocycles. The van der Waals surface area contributed by atoms with Gasteiger partial charge in [0.1, 0.15) is 12.2 Å². The van der Waals surface area contributed by atoms with E-state index < -0.39 is 37.6 Å². The molecule has 2 aromatic carbocycles. The number of hydrogen-bond donors (Lipinski definition) is 1. The second-order valence-electron chi connectivity index (χ2n) is 9.48. The quantitative estimate of drug-likeness (QED) is 0.364. The summed E-state index contributed by atoms with van der Waals surface area (Å²) < 4.78 is 32.6. The maximum absolute atomic E-state index is 13.9. The van der Waals surface area contributed by atoms with E-state index in [-0.39, 0.29) is 11.7 Å². The van der Waals surface area contributed by atoms with Crippen LogP contribution in [-0.4, -0.2) is 35.8 Å². The molecular formula is C30H29FNO5P. The van der Waals surface area contributed by atoms with Crippen molar-refractivity contribution in [3.8, 4) is 0 Å². The first kappa shape index (κ1) is 27.4. The number of Topliss-reactive ketones (excluding diaryl/α,β-unsaturated/α-hetero) is 1. The fourth-order valence-electron chi connectivity index (χ4n) is 4.70. The Balaban J connectivity index is 1.94. The molecule has 0 radical (unpaired) electrons. The highest BCUT2D eigenvalue weighted by Crippen LogP contribution is 2.49. The van der Waals surface area contributed by atoms with Crippen molar-refractivity contribution in [1.82, 2.24) is 0 Å². The molecule has 2 aromatic rings. The second-order valence-corrected chi connectivity index (χ2v) is 11.9. The van der Waals surface area contributed by atoms with E-state index in [0.29, 0.717) is 0 Å². The maximum atomic E-state index is 13.9. The van der Waals surface area contributed by atoms with Crippen LogP contribution >= 0.6 is 7.37 Å². The number of carbonyl (C=O) groups is 2. The fraction of sp³-hybridized carbons (Fsp3) is 0.233. The van der Waals surface area contributed by atoms with Crippen molar-refractivity contribution in [2.75, 3.05) is 13.3 Å². The molecule has 6 nitrogen and oxygen atoms in total. The molecule has 1 aliphatic heterocycles. The minimum absolute atomic E-state index is 0.00639. The SMILES string of the molecule is COP(=O)(C=CC1C(C(C)C)=NC2=c3ccccc3=CC=CC2=C1c1ccc(F)cc1)CC(=O)CC(=O)O. The topological polar surface area (TPSA) is 93.0 Å². The van der Waals surface area contributed by atoms with Gasteiger partial charge in [-0.15, -0.1) is 0 Å². The minimum atomic E-state index is -3.62. The highest BCUT2D eigenvalue weighted by molar-refractivity contribution is 7.63. The van der Waals surface area contributed by atoms with Crippen LogP contribution in [0.4, 0.5) is 4.39 Å². The molecule has 0 saturated heterocycles. The predicted molar refractivity (Wildman–Crippen MR) is 148 cm³/mol. The van der Waals surface area contributed by atoms with E-state index in [1.54, 1.807) is 18.2 Å². The number of allylic oxidation sites excluding steroid dienone is 3. The van der Waals surface area contributed by atoms with Crippen LogP contribution in [0.15, 0.2) is 83.1 Å². The molecule has 2 aliphatic rings. The van der Waals surface area contributed by atoms with Gasteiger partial charge in [-0.25, -0.2) is 4.39 Å². The summed E-state index contributed by atoms with van der Waals surface area (Å²) in [6.07, 6.45) is 6.41. The van der Waals surface area contributed by atoms with Crippen LogP contribution in [0.3, 0.4) is 0 Å². The Morgan fingerprint density at radius 1 is 1.16 bits per heavy atom. The van der Waals surface area contributed by atoms with Crippen molar-refractivity contribution < 1.29 is 28.2 Å². The fourth-order valence-corrected chi connectivity index (χ4v) is 6.09. The number of rotatable bonds is 9. The molecule has 0 aromatic heterocycles. The lowest BCUT2D eigenvalue weighted by atomic mass is 9.78. The van der Waals surface area contributed by atoms with E-state index >= 15 is 0 Å². The van der Waals surface area contributed by atoms with Crippen LogP contribution in [0.2, 0.25) is 0 Å². The Hall–Kier alpha value is -3.67. The highest BCUT2D eigenvalue weighted by atomic mass is 31.2. The van der Waals surface area contributed by atoms with E-state index in [1.165, 1.54) is 25.1 Å². The van der Waals surface area contributed by atoms with Crippen molar-refractivity contribution >= 4 is 42.2 Å². The lowest BCUT2D eigenvalue weighted by Crippen LogP contribution is -2.30. The molecule has 196 valence electrons. The van der Waals surface area contributed by atoms with Crippen molar-refractivity contribution in [3.63, 3.8) is 0 Å². The van der Waals surface area contributed by atoms with Gasteiger partial charge in [0, 0.05) is 29.5 Å². The standard InChI is InChI=1S/C30H29FNO5P/c1-19(2)29-26(15-16-38(36,37-3)18-23(33)17-27(34)35)28(21-11-13-22(31)14-12-21)25-10-6-8-20-7-4-5-9-24(20)30(25)32-29/h4-16,19,26H,17-18H2,1-3H3,(H,34,35). The maximum Gasteiger partial charge on any atom is 0.310 e. The van der Waals surface area contributed by atoms with E-state index in [1.807, 2.05) is 56.3 Å². The van der Waals surface area contributed by atoms with Crippen molar-refractivity contribution in [3.05, 3.63) is 100.0 Å². The first-order chi connectivity index (χ1) is 18.1. The molecule has 0 bridgehead atoms. The van der Waals surface area contributed by atoms with Crippen LogP contribution < -0.4 is 10.4 Å². The summed E-state index contributed by atoms with van der Waals surface area (Å²) in [5, 5.41) is 10.9. The number of ketones is 1. The molecule has 2 unspecified atom stereocenters. The van der Waals surface area contributed by atoms with Gasteiger partial charge in [-0.1, -0.05) is 74.5 Å². The summed E-state index contributed by atoms with van der Waals surface area (Å²) in [5.41, 5.74) is 4.09. The van der Waals surface area contributed by atoms with Crippen molar-refractivity contribution in [2.45, 2.75) is 20.3 Å². The van der Waals surface area contributed by atoms with E-state index in [2.05, 4.69) is 0 Å². The summed E-state index contributed by atoms with van der Waals surface area (Å²) in [6, 6.07) is 14.2. The predicted octanol–water partition coefficient (Wildman–Crippen LogP) is 4.95. The lowest BCUT2D eigenvalue weighted by molar-refractivity contribution is -0.139. The Morgan fingerprint density at radius 3 is 2.53 bits per heavy atom. The number of benzene rings is 2. The summed E-state index contributed by atoms with van der Waals surface area (Å²) in [7, 11) is -2.38. The van der Waals surface area contributed by atoms with Gasteiger partial charge in [0.25, 0.3) is 0 Å². The average molecular weight is 534 g/mol. The molecular weight excluding hydrogens is 504 g/mol. The van der Waals surface area contributed by atoms with Gasteiger partial charge in [-0.2, -0.15) is 0 Å². The Labute approximate surface area is 220 Å². The first-order valence-corrected chi connectivity index (χ1v) is 14.1. The number of carboxylic acid groups (broad SMARTS) is 1. The minimum Gasteiger partial charge on any atom is -0.481 e. The molecule has 2 atom stereocenters. The molecule has 0 saturated carbocycles. The van der Waals surface area contributed by atoms with Gasteiger partial charge < -0.3 is 9.63 Å². The van der Waals surface area contributed by atoms with Gasteiger partial charge in [-0.3, -0.25) is 19.1 Å². The normalized spacial score (nSPS) is 18.4. The Kier molecular flexibility index (Phi) is 8.20. The molecule has 1 N–H and O–H groups in total. The highest BCUT2D eigenvalue weighted by Gasteiger charge is 2.32. The van der Waals surface area contributed by atoms with Crippen LogP contribution in [-0.2, 0) is 18.7 Å². The third kappa shape index (κ3) is 5.90. The average Bonchev–Trinajstić information content (AvgIpc) is 3.06. The number of carboxylic acids is 1. The molecule has 0 fully saturated rings. The number of halogens is 1. The molecule has 0 amide bonds. The van der Waals surface area contributed by atoms with Gasteiger partial charge >= 0.3 is 5.97 Å². The number of dihydropyridines is 1. The summed E-state index contributed by atoms with van der Waals surface area (Å²) >= 11 is 0. The molecule has 4 rings (SSSR count). The molecule has 1 aliphatic carbocycles. The van der Waals surface area contributed by atoms with Crippen LogP contribution in [0, 0.1) is 17.7 Å². The van der Waals surface area contributed by atoms with Gasteiger partial charge in [0.05, 0.1) is 11.9 Å². The number of aliphatic carboxylic acids is 1. The van der Waals surface area contributed by atoms with E-state index in [4.69, 9.17) is 14.6 Å². The summed E-state index contributed by atoms with van der Waals surface area (Å²) in [5.74, 6) is -1.40. The van der Waals surface area contributed by atoms with Crippen LogP contribution in [0.1, 0.15) is 25.8 Å². The summed E-state index contributed by atoms with van der Waals surface area (Å²) in [4.78, 5) is 28.2. The zero-order valence-electron chi connectivity index (χ0n) is 21.4. The van der Waals surface area contributed by atoms with Crippen molar-refractivity contribution in [1.29, 1.82) is 0 Å². The number of aliphatic imine (C=N–C) groups is 1. The number of hydrogen-bond acceptors (Lipinski definition) is 5. The van der Waals surface area contributed by atoms with Crippen LogP contribution in [0.25, 0.3) is 17.3 Å². The van der Waals surface area contributed by atoms with Crippen molar-refractivity contribution in [2.24, 2.45) is 16.8 Å².